The van der Waals surface area contributed by atoms with Crippen molar-refractivity contribution in [3.8, 4) is 0 Å². The second-order valence-corrected chi connectivity index (χ2v) is 4.56. The highest BCUT2D eigenvalue weighted by atomic mass is 19.1. The predicted molar refractivity (Wildman–Crippen MR) is 75.6 cm³/mol. The molecular formula is C14H17FN4O. The van der Waals surface area contributed by atoms with Crippen LogP contribution in [0, 0.1) is 12.7 Å². The number of anilines is 2. The average molecular weight is 276 g/mol. The van der Waals surface area contributed by atoms with E-state index in [1.807, 2.05) is 17.7 Å². The van der Waals surface area contributed by atoms with Gasteiger partial charge in [0, 0.05) is 31.0 Å². The SMILES string of the molecule is Cc1nccn1CCCC(=O)Nc1cc(N)ccc1F. The van der Waals surface area contributed by atoms with Gasteiger partial charge in [0.05, 0.1) is 5.69 Å². The van der Waals surface area contributed by atoms with Gasteiger partial charge in [0.25, 0.3) is 0 Å². The fraction of sp³-hybridized carbons (Fsp3) is 0.286. The third-order valence-corrected chi connectivity index (χ3v) is 2.99. The number of imidazole rings is 1. The number of benzene rings is 1. The Kier molecular flexibility index (Phi) is 4.34. The first-order chi connectivity index (χ1) is 9.56. The number of aromatic nitrogens is 2. The Hall–Kier alpha value is -2.37. The van der Waals surface area contributed by atoms with E-state index in [0.29, 0.717) is 25.1 Å². The molecule has 0 aliphatic rings. The van der Waals surface area contributed by atoms with Crippen LogP contribution in [0.4, 0.5) is 15.8 Å². The first-order valence-corrected chi connectivity index (χ1v) is 6.39. The molecule has 0 aliphatic heterocycles. The summed E-state index contributed by atoms with van der Waals surface area (Å²) in [4.78, 5) is 15.8. The second kappa shape index (κ2) is 6.18. The van der Waals surface area contributed by atoms with E-state index in [9.17, 15) is 9.18 Å². The Bertz CT molecular complexity index is 609. The van der Waals surface area contributed by atoms with E-state index < -0.39 is 5.82 Å². The quantitative estimate of drug-likeness (QED) is 0.823. The van der Waals surface area contributed by atoms with E-state index in [2.05, 4.69) is 10.3 Å². The number of nitrogens with one attached hydrogen (secondary N) is 1. The number of nitrogens with zero attached hydrogens (tertiary/aromatic N) is 2. The lowest BCUT2D eigenvalue weighted by molar-refractivity contribution is -0.116. The molecule has 1 amide bonds. The van der Waals surface area contributed by atoms with Crippen LogP contribution in [0.25, 0.3) is 0 Å². The van der Waals surface area contributed by atoms with Gasteiger partial charge in [-0.2, -0.15) is 0 Å². The number of aryl methyl sites for hydroxylation is 2. The molecule has 0 saturated carbocycles. The van der Waals surface area contributed by atoms with Gasteiger partial charge in [0.2, 0.25) is 5.91 Å². The van der Waals surface area contributed by atoms with Crippen LogP contribution in [0.15, 0.2) is 30.6 Å². The number of carbonyl (C=O) groups excluding carboxylic acids is 1. The molecule has 0 atom stereocenters. The normalized spacial score (nSPS) is 10.5. The monoisotopic (exact) mass is 276 g/mol. The van der Waals surface area contributed by atoms with Crippen molar-refractivity contribution in [1.82, 2.24) is 9.55 Å². The minimum atomic E-state index is -0.488. The predicted octanol–water partition coefficient (Wildman–Crippen LogP) is 2.33. The summed E-state index contributed by atoms with van der Waals surface area (Å²) in [5, 5.41) is 2.53. The fourth-order valence-corrected chi connectivity index (χ4v) is 1.90. The number of amides is 1. The number of hydrogen-bond donors (Lipinski definition) is 2. The lowest BCUT2D eigenvalue weighted by atomic mass is 10.2. The maximum absolute atomic E-state index is 13.4. The Morgan fingerprint density at radius 1 is 1.50 bits per heavy atom. The number of hydrogen-bond acceptors (Lipinski definition) is 3. The first-order valence-electron chi connectivity index (χ1n) is 6.39. The maximum atomic E-state index is 13.4. The van der Waals surface area contributed by atoms with Gasteiger partial charge < -0.3 is 15.6 Å². The summed E-state index contributed by atoms with van der Waals surface area (Å²) in [6, 6.07) is 4.10. The third kappa shape index (κ3) is 3.57. The molecule has 0 unspecified atom stereocenters. The Morgan fingerprint density at radius 2 is 2.30 bits per heavy atom. The molecular weight excluding hydrogens is 259 g/mol. The van der Waals surface area contributed by atoms with Crippen molar-refractivity contribution in [2.75, 3.05) is 11.1 Å². The van der Waals surface area contributed by atoms with Crippen LogP contribution in [0.1, 0.15) is 18.7 Å². The van der Waals surface area contributed by atoms with Gasteiger partial charge in [-0.25, -0.2) is 9.37 Å². The minimum absolute atomic E-state index is 0.119. The molecule has 0 bridgehead atoms. The number of halogens is 1. The van der Waals surface area contributed by atoms with Crippen molar-refractivity contribution >= 4 is 17.3 Å². The maximum Gasteiger partial charge on any atom is 0.224 e. The molecule has 20 heavy (non-hydrogen) atoms. The summed E-state index contributed by atoms with van der Waals surface area (Å²) < 4.78 is 15.4. The van der Waals surface area contributed by atoms with Crippen molar-refractivity contribution in [3.05, 3.63) is 42.2 Å². The van der Waals surface area contributed by atoms with Gasteiger partial charge >= 0.3 is 0 Å². The van der Waals surface area contributed by atoms with Crippen molar-refractivity contribution in [1.29, 1.82) is 0 Å². The van der Waals surface area contributed by atoms with E-state index in [0.717, 1.165) is 5.82 Å². The van der Waals surface area contributed by atoms with Crippen molar-refractivity contribution in [2.24, 2.45) is 0 Å². The first kappa shape index (κ1) is 14.0. The standard InChI is InChI=1S/C14H17FN4O/c1-10-17-6-8-19(10)7-2-3-14(20)18-13-9-11(16)4-5-12(13)15/h4-6,8-9H,2-3,7,16H2,1H3,(H,18,20). The molecule has 106 valence electrons. The second-order valence-electron chi connectivity index (χ2n) is 4.56. The van der Waals surface area contributed by atoms with Crippen LogP contribution in [-0.2, 0) is 11.3 Å². The molecule has 2 rings (SSSR count). The highest BCUT2D eigenvalue weighted by molar-refractivity contribution is 5.91. The Morgan fingerprint density at radius 3 is 3.00 bits per heavy atom. The Balaban J connectivity index is 1.84. The number of nitrogens with two attached hydrogens (primary N) is 1. The van der Waals surface area contributed by atoms with Crippen LogP contribution in [-0.4, -0.2) is 15.5 Å². The topological polar surface area (TPSA) is 72.9 Å². The molecule has 0 fully saturated rings. The van der Waals surface area contributed by atoms with Crippen molar-refractivity contribution < 1.29 is 9.18 Å². The van der Waals surface area contributed by atoms with Gasteiger partial charge in [0.1, 0.15) is 11.6 Å². The lowest BCUT2D eigenvalue weighted by Gasteiger charge is -2.08. The van der Waals surface area contributed by atoms with E-state index in [1.54, 1.807) is 6.20 Å². The molecule has 0 aliphatic carbocycles. The van der Waals surface area contributed by atoms with E-state index in [4.69, 9.17) is 5.73 Å². The molecule has 1 aromatic heterocycles. The van der Waals surface area contributed by atoms with Gasteiger partial charge in [-0.15, -0.1) is 0 Å². The lowest BCUT2D eigenvalue weighted by Crippen LogP contribution is -2.13. The van der Waals surface area contributed by atoms with Gasteiger partial charge in [0.15, 0.2) is 0 Å². The van der Waals surface area contributed by atoms with E-state index in [1.165, 1.54) is 18.2 Å². The molecule has 0 spiro atoms. The highest BCUT2D eigenvalue weighted by Crippen LogP contribution is 2.17. The zero-order chi connectivity index (χ0) is 14.5. The summed E-state index contributed by atoms with van der Waals surface area (Å²) in [6.45, 7) is 2.61. The van der Waals surface area contributed by atoms with Crippen molar-refractivity contribution in [2.45, 2.75) is 26.3 Å². The van der Waals surface area contributed by atoms with Gasteiger partial charge in [-0.05, 0) is 31.5 Å². The molecule has 0 radical (unpaired) electrons. The van der Waals surface area contributed by atoms with Crippen LogP contribution < -0.4 is 11.1 Å². The van der Waals surface area contributed by atoms with Crippen LogP contribution in [0.2, 0.25) is 0 Å². The van der Waals surface area contributed by atoms with E-state index in [-0.39, 0.29) is 11.6 Å². The van der Waals surface area contributed by atoms with Gasteiger partial charge in [-0.3, -0.25) is 4.79 Å². The van der Waals surface area contributed by atoms with E-state index >= 15 is 0 Å². The van der Waals surface area contributed by atoms with Gasteiger partial charge in [-0.1, -0.05) is 0 Å². The summed E-state index contributed by atoms with van der Waals surface area (Å²) in [6.07, 6.45) is 4.56. The number of nitrogen functional groups attached to an aromatic ring is 1. The molecule has 0 saturated heterocycles. The molecule has 3 N–H and O–H groups in total. The number of carbonyl (C=O) groups is 1. The zero-order valence-corrected chi connectivity index (χ0v) is 11.3. The molecule has 2 aromatic rings. The number of rotatable bonds is 5. The summed E-state index contributed by atoms with van der Waals surface area (Å²) in [5.74, 6) is 0.192. The summed E-state index contributed by atoms with van der Waals surface area (Å²) in [5.41, 5.74) is 6.09. The zero-order valence-electron chi connectivity index (χ0n) is 11.3. The fourth-order valence-electron chi connectivity index (χ4n) is 1.90. The summed E-state index contributed by atoms with van der Waals surface area (Å²) in [7, 11) is 0. The van der Waals surface area contributed by atoms with Crippen LogP contribution in [0.3, 0.4) is 0 Å². The largest absolute Gasteiger partial charge is 0.399 e. The molecule has 6 heteroatoms. The minimum Gasteiger partial charge on any atom is -0.399 e. The van der Waals surface area contributed by atoms with Crippen molar-refractivity contribution in [3.63, 3.8) is 0 Å². The average Bonchev–Trinajstić information content (AvgIpc) is 2.80. The molecule has 5 nitrogen and oxygen atoms in total. The highest BCUT2D eigenvalue weighted by Gasteiger charge is 2.07. The third-order valence-electron chi connectivity index (χ3n) is 2.99. The van der Waals surface area contributed by atoms with Crippen LogP contribution >= 0.6 is 0 Å². The molecule has 1 heterocycles. The summed E-state index contributed by atoms with van der Waals surface area (Å²) >= 11 is 0. The smallest absolute Gasteiger partial charge is 0.224 e. The Labute approximate surface area is 116 Å². The molecule has 1 aromatic carbocycles. The van der Waals surface area contributed by atoms with Crippen LogP contribution in [0.5, 0.6) is 0 Å².